The molecule has 1 aliphatic rings. The molecule has 1 aliphatic carbocycles. The summed E-state index contributed by atoms with van der Waals surface area (Å²) in [6, 6.07) is 22.4. The van der Waals surface area contributed by atoms with Gasteiger partial charge in [-0.05, 0) is 76.0 Å². The predicted octanol–water partition coefficient (Wildman–Crippen LogP) is 5.58. The van der Waals surface area contributed by atoms with E-state index in [2.05, 4.69) is 64.5 Å². The molecule has 8 nitrogen and oxygen atoms in total. The summed E-state index contributed by atoms with van der Waals surface area (Å²) in [4.78, 5) is 34.2. The van der Waals surface area contributed by atoms with Gasteiger partial charge in [0, 0.05) is 43.3 Å². The highest BCUT2D eigenvalue weighted by Crippen LogP contribution is 2.35. The first-order chi connectivity index (χ1) is 19.8. The molecular weight excluding hydrogens is 514 g/mol. The SMILES string of the molecule is COc1cc(NC(=O)C2CCC(n3c(=O)[nH]c4c(N(CCN(C)C)Cc5ccccc5)cccc43)CC2)ccc1C. The largest absolute Gasteiger partial charge is 0.496 e. The van der Waals surface area contributed by atoms with Crippen molar-refractivity contribution in [3.63, 3.8) is 0 Å². The molecular formula is C33H41N5O3. The highest BCUT2D eigenvalue weighted by Gasteiger charge is 2.29. The molecule has 216 valence electrons. The number of nitrogens with zero attached hydrogens (tertiary/aromatic N) is 3. The summed E-state index contributed by atoms with van der Waals surface area (Å²) in [6.45, 7) is 4.47. The third-order valence-corrected chi connectivity index (χ3v) is 8.21. The quantitative estimate of drug-likeness (QED) is 0.267. The summed E-state index contributed by atoms with van der Waals surface area (Å²) in [6.07, 6.45) is 3.03. The van der Waals surface area contributed by atoms with E-state index < -0.39 is 0 Å². The van der Waals surface area contributed by atoms with Crippen LogP contribution in [0.2, 0.25) is 0 Å². The van der Waals surface area contributed by atoms with Gasteiger partial charge in [-0.15, -0.1) is 0 Å². The van der Waals surface area contributed by atoms with Gasteiger partial charge < -0.3 is 24.8 Å². The number of hydrogen-bond acceptors (Lipinski definition) is 5. The molecule has 1 fully saturated rings. The molecule has 1 amide bonds. The molecule has 41 heavy (non-hydrogen) atoms. The number of benzene rings is 3. The standard InChI is InChI=1S/C33H41N5O3/c1-23-13-16-26(21-30(23)41-4)34-32(39)25-14-17-27(18-15-25)38-29-12-8-11-28(31(29)35-33(38)40)37(20-19-36(2)3)22-24-9-6-5-7-10-24/h5-13,16,21,25,27H,14-15,17-20,22H2,1-4H3,(H,34,39)(H,35,40). The number of carbonyl (C=O) groups is 1. The van der Waals surface area contributed by atoms with Crippen LogP contribution in [-0.4, -0.2) is 54.7 Å². The number of likely N-dealkylation sites (N-methyl/N-ethyl adjacent to an activating group) is 1. The Hall–Kier alpha value is -4.04. The average molecular weight is 556 g/mol. The number of rotatable bonds is 10. The van der Waals surface area contributed by atoms with Crippen molar-refractivity contribution in [3.05, 3.63) is 88.3 Å². The Labute approximate surface area is 241 Å². The number of anilines is 2. The number of carbonyl (C=O) groups excluding carboxylic acids is 1. The van der Waals surface area contributed by atoms with Crippen molar-refractivity contribution >= 4 is 28.3 Å². The van der Waals surface area contributed by atoms with E-state index in [0.717, 1.165) is 79.0 Å². The van der Waals surface area contributed by atoms with Gasteiger partial charge in [-0.2, -0.15) is 0 Å². The number of imidazole rings is 1. The topological polar surface area (TPSA) is 82.6 Å². The lowest BCUT2D eigenvalue weighted by Gasteiger charge is -2.29. The third-order valence-electron chi connectivity index (χ3n) is 8.21. The van der Waals surface area contributed by atoms with E-state index >= 15 is 0 Å². The fourth-order valence-electron chi connectivity index (χ4n) is 5.91. The molecule has 0 unspecified atom stereocenters. The molecule has 3 aromatic carbocycles. The number of ether oxygens (including phenoxy) is 1. The van der Waals surface area contributed by atoms with Crippen molar-refractivity contribution in [2.24, 2.45) is 5.92 Å². The minimum atomic E-state index is -0.0839. The normalized spacial score (nSPS) is 17.1. The van der Waals surface area contributed by atoms with Gasteiger partial charge in [0.25, 0.3) is 0 Å². The predicted molar refractivity (Wildman–Crippen MR) is 166 cm³/mol. The summed E-state index contributed by atoms with van der Waals surface area (Å²) < 4.78 is 7.32. The first kappa shape index (κ1) is 28.5. The second kappa shape index (κ2) is 12.6. The third kappa shape index (κ3) is 6.49. The molecule has 4 aromatic rings. The summed E-state index contributed by atoms with van der Waals surface area (Å²) in [5.41, 5.74) is 5.75. The van der Waals surface area contributed by atoms with E-state index in [9.17, 15) is 9.59 Å². The van der Waals surface area contributed by atoms with Gasteiger partial charge in [-0.1, -0.05) is 42.5 Å². The van der Waals surface area contributed by atoms with Crippen molar-refractivity contribution in [1.29, 1.82) is 0 Å². The minimum Gasteiger partial charge on any atom is -0.496 e. The molecule has 0 saturated heterocycles. The lowest BCUT2D eigenvalue weighted by molar-refractivity contribution is -0.121. The maximum Gasteiger partial charge on any atom is 0.326 e. The van der Waals surface area contributed by atoms with E-state index in [4.69, 9.17) is 4.74 Å². The summed E-state index contributed by atoms with van der Waals surface area (Å²) in [5.74, 6) is 0.705. The molecule has 0 bridgehead atoms. The van der Waals surface area contributed by atoms with Gasteiger partial charge >= 0.3 is 5.69 Å². The van der Waals surface area contributed by atoms with Crippen LogP contribution in [0.4, 0.5) is 11.4 Å². The van der Waals surface area contributed by atoms with Crippen LogP contribution in [-0.2, 0) is 11.3 Å². The van der Waals surface area contributed by atoms with Crippen molar-refractivity contribution in [3.8, 4) is 5.75 Å². The van der Waals surface area contributed by atoms with Gasteiger partial charge in [-0.25, -0.2) is 4.79 Å². The molecule has 1 saturated carbocycles. The Kier molecular flexibility index (Phi) is 8.78. The van der Waals surface area contributed by atoms with Gasteiger partial charge in [0.1, 0.15) is 5.75 Å². The lowest BCUT2D eigenvalue weighted by Crippen LogP contribution is -2.31. The fraction of sp³-hybridized carbons (Fsp3) is 0.394. The molecule has 2 N–H and O–H groups in total. The Morgan fingerprint density at radius 2 is 1.76 bits per heavy atom. The van der Waals surface area contributed by atoms with Crippen LogP contribution >= 0.6 is 0 Å². The number of aryl methyl sites for hydroxylation is 1. The number of hydrogen-bond donors (Lipinski definition) is 2. The maximum atomic E-state index is 13.4. The van der Waals surface area contributed by atoms with E-state index in [1.165, 1.54) is 5.56 Å². The van der Waals surface area contributed by atoms with E-state index in [0.29, 0.717) is 0 Å². The lowest BCUT2D eigenvalue weighted by atomic mass is 9.85. The molecule has 0 spiro atoms. The Balaban J connectivity index is 1.33. The van der Waals surface area contributed by atoms with Crippen LogP contribution in [0.15, 0.2) is 71.5 Å². The average Bonchev–Trinajstić information content (AvgIpc) is 3.32. The number of amides is 1. The second-order valence-electron chi connectivity index (χ2n) is 11.4. The Bertz CT molecular complexity index is 1530. The summed E-state index contributed by atoms with van der Waals surface area (Å²) >= 11 is 0. The second-order valence-corrected chi connectivity index (χ2v) is 11.4. The monoisotopic (exact) mass is 555 g/mol. The van der Waals surface area contributed by atoms with Crippen molar-refractivity contribution in [2.45, 2.75) is 45.2 Å². The molecule has 0 aliphatic heterocycles. The molecule has 1 heterocycles. The Morgan fingerprint density at radius 1 is 1.00 bits per heavy atom. The zero-order valence-electron chi connectivity index (χ0n) is 24.5. The summed E-state index contributed by atoms with van der Waals surface area (Å²) in [7, 11) is 5.79. The maximum absolute atomic E-state index is 13.4. The first-order valence-corrected chi connectivity index (χ1v) is 14.5. The van der Waals surface area contributed by atoms with Gasteiger partial charge in [0.05, 0.1) is 23.8 Å². The molecule has 8 heteroatoms. The van der Waals surface area contributed by atoms with E-state index in [1.54, 1.807) is 7.11 Å². The highest BCUT2D eigenvalue weighted by molar-refractivity contribution is 5.93. The fourth-order valence-corrected chi connectivity index (χ4v) is 5.91. The smallest absolute Gasteiger partial charge is 0.326 e. The molecule has 1 aromatic heterocycles. The Morgan fingerprint density at radius 3 is 2.46 bits per heavy atom. The van der Waals surface area contributed by atoms with Crippen molar-refractivity contribution < 1.29 is 9.53 Å². The van der Waals surface area contributed by atoms with Gasteiger partial charge in [-0.3, -0.25) is 9.36 Å². The van der Waals surface area contributed by atoms with Crippen LogP contribution in [0.5, 0.6) is 5.75 Å². The minimum absolute atomic E-state index is 0.0281. The molecule has 0 atom stereocenters. The summed E-state index contributed by atoms with van der Waals surface area (Å²) in [5, 5.41) is 3.06. The van der Waals surface area contributed by atoms with E-state index in [-0.39, 0.29) is 23.6 Å². The number of nitrogens with one attached hydrogen (secondary N) is 2. The van der Waals surface area contributed by atoms with E-state index in [1.807, 2.05) is 47.9 Å². The van der Waals surface area contributed by atoms with Crippen molar-refractivity contribution in [2.75, 3.05) is 44.5 Å². The number of aromatic nitrogens is 2. The first-order valence-electron chi connectivity index (χ1n) is 14.5. The zero-order valence-corrected chi connectivity index (χ0v) is 24.5. The van der Waals surface area contributed by atoms with Crippen LogP contribution < -0.4 is 20.6 Å². The van der Waals surface area contributed by atoms with Gasteiger partial charge in [0.2, 0.25) is 5.91 Å². The number of fused-ring (bicyclic) bond motifs is 1. The molecule has 5 rings (SSSR count). The van der Waals surface area contributed by atoms with Crippen molar-refractivity contribution in [1.82, 2.24) is 14.5 Å². The van der Waals surface area contributed by atoms with Crippen LogP contribution in [0, 0.1) is 12.8 Å². The number of aromatic amines is 1. The highest BCUT2D eigenvalue weighted by atomic mass is 16.5. The van der Waals surface area contributed by atoms with Crippen LogP contribution in [0.1, 0.15) is 42.9 Å². The molecule has 0 radical (unpaired) electrons. The van der Waals surface area contributed by atoms with Gasteiger partial charge in [0.15, 0.2) is 0 Å². The number of methoxy groups -OCH3 is 1. The number of H-pyrrole nitrogens is 1. The van der Waals surface area contributed by atoms with Crippen LogP contribution in [0.25, 0.3) is 11.0 Å². The number of para-hydroxylation sites is 1. The zero-order chi connectivity index (χ0) is 28.9. The van der Waals surface area contributed by atoms with Crippen LogP contribution in [0.3, 0.4) is 0 Å².